The molecule has 0 saturated carbocycles. The minimum Gasteiger partial charge on any atom is -0.481 e. The van der Waals surface area contributed by atoms with E-state index < -0.39 is 5.97 Å². The number of carboxylic acids is 1. The second-order valence-electron chi connectivity index (χ2n) is 7.89. The van der Waals surface area contributed by atoms with Crippen LogP contribution in [0, 0.1) is 5.92 Å². The molecule has 2 aliphatic rings. The molecule has 0 aromatic heterocycles. The maximum Gasteiger partial charge on any atom is 0.303 e. The predicted molar refractivity (Wildman–Crippen MR) is 105 cm³/mol. The van der Waals surface area contributed by atoms with Crippen LogP contribution in [0.4, 0.5) is 0 Å². The highest BCUT2D eigenvalue weighted by molar-refractivity contribution is 5.79. The number of carbonyl (C=O) groups is 2. The summed E-state index contributed by atoms with van der Waals surface area (Å²) in [5.74, 6) is -0.365. The molecule has 2 heterocycles. The fourth-order valence-electron chi connectivity index (χ4n) is 4.36. The number of benzene rings is 1. The minimum absolute atomic E-state index is 0.151. The monoisotopic (exact) mass is 373 g/mol. The van der Waals surface area contributed by atoms with Gasteiger partial charge in [0.15, 0.2) is 0 Å². The number of carboxylic acid groups (broad SMARTS) is 1. The van der Waals surface area contributed by atoms with Gasteiger partial charge in [0.05, 0.1) is 6.42 Å². The molecule has 6 heteroatoms. The number of likely N-dealkylation sites (N-methyl/N-ethyl adjacent to an activating group) is 1. The summed E-state index contributed by atoms with van der Waals surface area (Å²) in [5, 5.41) is 9.14. The van der Waals surface area contributed by atoms with Crippen LogP contribution in [0.5, 0.6) is 0 Å². The Morgan fingerprint density at radius 2 is 1.78 bits per heavy atom. The summed E-state index contributed by atoms with van der Waals surface area (Å²) < 4.78 is 0. The Morgan fingerprint density at radius 3 is 2.44 bits per heavy atom. The van der Waals surface area contributed by atoms with E-state index in [0.29, 0.717) is 25.4 Å². The van der Waals surface area contributed by atoms with Crippen molar-refractivity contribution in [2.75, 3.05) is 46.3 Å². The van der Waals surface area contributed by atoms with Crippen molar-refractivity contribution in [1.29, 1.82) is 0 Å². The van der Waals surface area contributed by atoms with E-state index in [1.54, 1.807) is 0 Å². The first-order chi connectivity index (χ1) is 13.0. The molecule has 2 aliphatic heterocycles. The van der Waals surface area contributed by atoms with Crippen molar-refractivity contribution in [3.8, 4) is 0 Å². The molecule has 0 aliphatic carbocycles. The molecule has 2 atom stereocenters. The molecule has 0 unspecified atom stereocenters. The lowest BCUT2D eigenvalue weighted by atomic mass is 9.86. The number of rotatable bonds is 6. The average Bonchev–Trinajstić information content (AvgIpc) is 2.67. The zero-order valence-corrected chi connectivity index (χ0v) is 16.2. The summed E-state index contributed by atoms with van der Waals surface area (Å²) in [6.45, 7) is 5.62. The molecule has 1 aromatic rings. The minimum atomic E-state index is -0.750. The third kappa shape index (κ3) is 5.53. The molecule has 1 N–H and O–H groups in total. The number of likely N-dealkylation sites (tertiary alicyclic amines) is 1. The first kappa shape index (κ1) is 19.8. The van der Waals surface area contributed by atoms with Crippen LogP contribution in [-0.4, -0.2) is 84.0 Å². The quantitative estimate of drug-likeness (QED) is 0.820. The average molecular weight is 373 g/mol. The van der Waals surface area contributed by atoms with Crippen molar-refractivity contribution in [2.45, 2.75) is 31.7 Å². The Bertz CT molecular complexity index is 629. The number of nitrogens with zero attached hydrogens (tertiary/aromatic N) is 3. The van der Waals surface area contributed by atoms with Crippen molar-refractivity contribution >= 4 is 11.9 Å². The standard InChI is InChI=1S/C21H31N3O3/c1-22-11-13-23(14-12-22)19-9-10-24(16-18(19)7-8-21(26)27)20(25)15-17-5-3-2-4-6-17/h2-6,18-19H,7-16H2,1H3,(H,26,27)/t18-,19+/m1/s1. The summed E-state index contributed by atoms with van der Waals surface area (Å²) in [4.78, 5) is 30.7. The lowest BCUT2D eigenvalue weighted by Crippen LogP contribution is -2.57. The van der Waals surface area contributed by atoms with E-state index in [-0.39, 0.29) is 18.2 Å². The molecular weight excluding hydrogens is 342 g/mol. The largest absolute Gasteiger partial charge is 0.481 e. The van der Waals surface area contributed by atoms with Crippen molar-refractivity contribution < 1.29 is 14.7 Å². The Hall–Kier alpha value is -1.92. The van der Waals surface area contributed by atoms with Crippen LogP contribution in [0.2, 0.25) is 0 Å². The van der Waals surface area contributed by atoms with Crippen LogP contribution in [0.25, 0.3) is 0 Å². The smallest absolute Gasteiger partial charge is 0.303 e. The van der Waals surface area contributed by atoms with Crippen molar-refractivity contribution in [1.82, 2.24) is 14.7 Å². The fraction of sp³-hybridized carbons (Fsp3) is 0.619. The number of hydrogen-bond acceptors (Lipinski definition) is 4. The van der Waals surface area contributed by atoms with Gasteiger partial charge in [0.25, 0.3) is 0 Å². The molecule has 2 saturated heterocycles. The Morgan fingerprint density at radius 1 is 1.07 bits per heavy atom. The Balaban J connectivity index is 1.63. The Labute approximate surface area is 161 Å². The second-order valence-corrected chi connectivity index (χ2v) is 7.89. The summed E-state index contributed by atoms with van der Waals surface area (Å²) in [5.41, 5.74) is 1.03. The zero-order chi connectivity index (χ0) is 19.2. The van der Waals surface area contributed by atoms with Crippen molar-refractivity contribution in [2.24, 2.45) is 5.92 Å². The van der Waals surface area contributed by atoms with Crippen LogP contribution >= 0.6 is 0 Å². The van der Waals surface area contributed by atoms with Gasteiger partial charge in [-0.15, -0.1) is 0 Å². The van der Waals surface area contributed by atoms with Gasteiger partial charge in [-0.3, -0.25) is 14.5 Å². The van der Waals surface area contributed by atoms with E-state index in [0.717, 1.165) is 44.7 Å². The summed E-state index contributed by atoms with van der Waals surface area (Å²) in [6, 6.07) is 10.2. The topological polar surface area (TPSA) is 64.1 Å². The van der Waals surface area contributed by atoms with E-state index >= 15 is 0 Å². The van der Waals surface area contributed by atoms with Gasteiger partial charge in [-0.25, -0.2) is 0 Å². The third-order valence-corrected chi connectivity index (χ3v) is 5.98. The molecule has 1 aromatic carbocycles. The van der Waals surface area contributed by atoms with E-state index in [4.69, 9.17) is 5.11 Å². The van der Waals surface area contributed by atoms with Crippen LogP contribution in [0.15, 0.2) is 30.3 Å². The van der Waals surface area contributed by atoms with Gasteiger partial charge in [-0.1, -0.05) is 30.3 Å². The fourth-order valence-corrected chi connectivity index (χ4v) is 4.36. The maximum absolute atomic E-state index is 12.8. The molecule has 0 spiro atoms. The Kier molecular flexibility index (Phi) is 6.85. The number of piperazine rings is 1. The van der Waals surface area contributed by atoms with E-state index in [1.165, 1.54) is 0 Å². The zero-order valence-electron chi connectivity index (χ0n) is 16.2. The highest BCUT2D eigenvalue weighted by Gasteiger charge is 2.35. The summed E-state index contributed by atoms with van der Waals surface area (Å²) in [7, 11) is 2.14. The van der Waals surface area contributed by atoms with Gasteiger partial charge in [-0.2, -0.15) is 0 Å². The van der Waals surface area contributed by atoms with Crippen LogP contribution in [0.3, 0.4) is 0 Å². The molecule has 148 valence electrons. The van der Waals surface area contributed by atoms with E-state index in [1.807, 2.05) is 35.2 Å². The van der Waals surface area contributed by atoms with E-state index in [9.17, 15) is 9.59 Å². The highest BCUT2D eigenvalue weighted by atomic mass is 16.4. The molecular formula is C21H31N3O3. The predicted octanol–water partition coefficient (Wildman–Crippen LogP) is 1.56. The molecule has 6 nitrogen and oxygen atoms in total. The molecule has 2 fully saturated rings. The molecule has 27 heavy (non-hydrogen) atoms. The second kappa shape index (κ2) is 9.33. The molecule has 3 rings (SSSR count). The first-order valence-electron chi connectivity index (χ1n) is 9.99. The molecule has 0 radical (unpaired) electrons. The van der Waals surface area contributed by atoms with Crippen LogP contribution in [0.1, 0.15) is 24.8 Å². The van der Waals surface area contributed by atoms with Gasteiger partial charge in [-0.05, 0) is 31.4 Å². The first-order valence-corrected chi connectivity index (χ1v) is 9.99. The number of piperidine rings is 1. The number of amides is 1. The van der Waals surface area contributed by atoms with Gasteiger partial charge < -0.3 is 14.9 Å². The SMILES string of the molecule is CN1CCN([C@H]2CCN(C(=O)Cc3ccccc3)C[C@H]2CCC(=O)O)CC1. The number of hydrogen-bond donors (Lipinski definition) is 1. The van der Waals surface area contributed by atoms with Crippen LogP contribution in [-0.2, 0) is 16.0 Å². The molecule has 0 bridgehead atoms. The van der Waals surface area contributed by atoms with Gasteiger partial charge in [0.2, 0.25) is 5.91 Å². The number of aliphatic carboxylic acids is 1. The highest BCUT2D eigenvalue weighted by Crippen LogP contribution is 2.27. The van der Waals surface area contributed by atoms with E-state index in [2.05, 4.69) is 16.8 Å². The lowest BCUT2D eigenvalue weighted by molar-refractivity contribution is -0.137. The molecule has 1 amide bonds. The van der Waals surface area contributed by atoms with Gasteiger partial charge in [0, 0.05) is 51.7 Å². The lowest BCUT2D eigenvalue weighted by Gasteiger charge is -2.46. The van der Waals surface area contributed by atoms with Crippen LogP contribution < -0.4 is 0 Å². The number of carbonyl (C=O) groups excluding carboxylic acids is 1. The summed E-state index contributed by atoms with van der Waals surface area (Å²) >= 11 is 0. The third-order valence-electron chi connectivity index (χ3n) is 5.98. The summed E-state index contributed by atoms with van der Waals surface area (Å²) in [6.07, 6.45) is 2.18. The van der Waals surface area contributed by atoms with Gasteiger partial charge >= 0.3 is 5.97 Å². The normalized spacial score (nSPS) is 24.7. The maximum atomic E-state index is 12.8. The van der Waals surface area contributed by atoms with Gasteiger partial charge in [0.1, 0.15) is 0 Å². The van der Waals surface area contributed by atoms with Crippen molar-refractivity contribution in [3.05, 3.63) is 35.9 Å². The van der Waals surface area contributed by atoms with Crippen molar-refractivity contribution in [3.63, 3.8) is 0 Å².